The summed E-state index contributed by atoms with van der Waals surface area (Å²) in [6, 6.07) is 0. The number of carbonyl (C=O) groups is 1. The molecule has 0 unspecified atom stereocenters. The lowest BCUT2D eigenvalue weighted by molar-refractivity contribution is 0.0786. The Balaban J connectivity index is 2.52. The number of aromatic nitrogens is 2. The molecule has 0 aliphatic rings. The van der Waals surface area contributed by atoms with Gasteiger partial charge in [0.15, 0.2) is 0 Å². The Morgan fingerprint density at radius 3 is 2.85 bits per heavy atom. The highest BCUT2D eigenvalue weighted by Crippen LogP contribution is 2.06. The molecule has 1 aromatic heterocycles. The number of nitrogens with zero attached hydrogens (tertiary/aromatic N) is 3. The summed E-state index contributed by atoms with van der Waals surface area (Å²) in [6.07, 6.45) is 6.67. The fourth-order valence-corrected chi connectivity index (χ4v) is 1.74. The van der Waals surface area contributed by atoms with Crippen LogP contribution in [0.4, 0.5) is 5.82 Å². The topological polar surface area (TPSA) is 78.4 Å². The number of amides is 1. The maximum Gasteiger partial charge on any atom is 0.273 e. The van der Waals surface area contributed by atoms with Gasteiger partial charge in [-0.1, -0.05) is 6.92 Å². The average molecular weight is 280 g/mol. The summed E-state index contributed by atoms with van der Waals surface area (Å²) in [5.41, 5.74) is 0.357. The van der Waals surface area contributed by atoms with Crippen molar-refractivity contribution in [2.75, 3.05) is 32.1 Å². The van der Waals surface area contributed by atoms with Crippen molar-refractivity contribution in [1.82, 2.24) is 14.9 Å². The van der Waals surface area contributed by atoms with Crippen molar-refractivity contribution in [2.24, 2.45) is 0 Å². The van der Waals surface area contributed by atoms with Crippen LogP contribution in [0.2, 0.25) is 0 Å². The minimum Gasteiger partial charge on any atom is -0.396 e. The molecule has 0 saturated heterocycles. The van der Waals surface area contributed by atoms with Gasteiger partial charge in [-0.3, -0.25) is 9.78 Å². The van der Waals surface area contributed by atoms with Crippen LogP contribution in [0.25, 0.3) is 0 Å². The SMILES string of the molecule is CCCNc1cncc(C(=O)N(C)CCCCCO)n1. The van der Waals surface area contributed by atoms with Crippen LogP contribution in [0.15, 0.2) is 12.4 Å². The van der Waals surface area contributed by atoms with E-state index >= 15 is 0 Å². The summed E-state index contributed by atoms with van der Waals surface area (Å²) in [5.74, 6) is 0.507. The van der Waals surface area contributed by atoms with Gasteiger partial charge in [-0.15, -0.1) is 0 Å². The quantitative estimate of drug-likeness (QED) is 0.671. The van der Waals surface area contributed by atoms with Gasteiger partial charge in [0, 0.05) is 26.7 Å². The third-order valence-corrected chi connectivity index (χ3v) is 2.91. The van der Waals surface area contributed by atoms with Gasteiger partial charge in [0.05, 0.1) is 12.4 Å². The van der Waals surface area contributed by atoms with Crippen LogP contribution >= 0.6 is 0 Å². The molecule has 0 aromatic carbocycles. The first-order chi connectivity index (χ1) is 9.69. The summed E-state index contributed by atoms with van der Waals surface area (Å²) < 4.78 is 0. The number of aliphatic hydroxyl groups excluding tert-OH is 1. The summed E-state index contributed by atoms with van der Waals surface area (Å²) in [4.78, 5) is 22.1. The van der Waals surface area contributed by atoms with Gasteiger partial charge in [0.2, 0.25) is 0 Å². The molecule has 0 fully saturated rings. The van der Waals surface area contributed by atoms with E-state index in [1.807, 2.05) is 0 Å². The van der Waals surface area contributed by atoms with Crippen LogP contribution in [0, 0.1) is 0 Å². The largest absolute Gasteiger partial charge is 0.396 e. The van der Waals surface area contributed by atoms with E-state index in [-0.39, 0.29) is 12.5 Å². The Hall–Kier alpha value is -1.69. The van der Waals surface area contributed by atoms with E-state index in [4.69, 9.17) is 5.11 Å². The van der Waals surface area contributed by atoms with Gasteiger partial charge < -0.3 is 15.3 Å². The zero-order chi connectivity index (χ0) is 14.8. The predicted octanol–water partition coefficient (Wildman–Crippen LogP) is 1.53. The zero-order valence-electron chi connectivity index (χ0n) is 12.3. The molecule has 1 aromatic rings. The average Bonchev–Trinajstić information content (AvgIpc) is 2.48. The van der Waals surface area contributed by atoms with Crippen LogP contribution in [-0.2, 0) is 0 Å². The third kappa shape index (κ3) is 5.52. The van der Waals surface area contributed by atoms with Crippen LogP contribution < -0.4 is 5.32 Å². The van der Waals surface area contributed by atoms with Crippen LogP contribution in [0.1, 0.15) is 43.1 Å². The minimum absolute atomic E-state index is 0.123. The van der Waals surface area contributed by atoms with Crippen molar-refractivity contribution in [1.29, 1.82) is 0 Å². The number of unbranched alkanes of at least 4 members (excludes halogenated alkanes) is 2. The summed E-state index contributed by atoms with van der Waals surface area (Å²) in [6.45, 7) is 3.74. The van der Waals surface area contributed by atoms with Crippen molar-refractivity contribution in [3.63, 3.8) is 0 Å². The first-order valence-electron chi connectivity index (χ1n) is 7.11. The standard InChI is InChI=1S/C14H24N4O2/c1-3-7-16-13-11-15-10-12(17-13)14(20)18(2)8-5-4-6-9-19/h10-11,19H,3-9H2,1-2H3,(H,16,17). The second kappa shape index (κ2) is 9.25. The normalized spacial score (nSPS) is 10.3. The number of anilines is 1. The Morgan fingerprint density at radius 1 is 1.35 bits per heavy atom. The summed E-state index contributed by atoms with van der Waals surface area (Å²) >= 11 is 0. The molecule has 1 amide bonds. The van der Waals surface area contributed by atoms with Gasteiger partial charge in [-0.05, 0) is 25.7 Å². The molecule has 1 heterocycles. The lowest BCUT2D eigenvalue weighted by atomic mass is 10.2. The molecule has 0 radical (unpaired) electrons. The number of hydrogen-bond acceptors (Lipinski definition) is 5. The molecular formula is C14H24N4O2. The highest BCUT2D eigenvalue weighted by Gasteiger charge is 2.13. The van der Waals surface area contributed by atoms with E-state index in [1.165, 1.54) is 6.20 Å². The summed E-state index contributed by atoms with van der Waals surface area (Å²) in [7, 11) is 1.76. The minimum atomic E-state index is -0.123. The van der Waals surface area contributed by atoms with Gasteiger partial charge in [-0.2, -0.15) is 0 Å². The fraction of sp³-hybridized carbons (Fsp3) is 0.643. The Morgan fingerprint density at radius 2 is 2.15 bits per heavy atom. The smallest absolute Gasteiger partial charge is 0.273 e. The van der Waals surface area contributed by atoms with Crippen LogP contribution in [-0.4, -0.2) is 52.6 Å². The molecule has 112 valence electrons. The molecule has 1 rings (SSSR count). The van der Waals surface area contributed by atoms with Gasteiger partial charge in [0.1, 0.15) is 11.5 Å². The maximum atomic E-state index is 12.2. The van der Waals surface area contributed by atoms with E-state index in [1.54, 1.807) is 18.1 Å². The fourth-order valence-electron chi connectivity index (χ4n) is 1.74. The zero-order valence-corrected chi connectivity index (χ0v) is 12.3. The molecular weight excluding hydrogens is 256 g/mol. The van der Waals surface area contributed by atoms with Crippen LogP contribution in [0.3, 0.4) is 0 Å². The van der Waals surface area contributed by atoms with E-state index in [0.29, 0.717) is 18.1 Å². The predicted molar refractivity (Wildman–Crippen MR) is 78.7 cm³/mol. The molecule has 0 atom stereocenters. The van der Waals surface area contributed by atoms with E-state index in [2.05, 4.69) is 22.2 Å². The van der Waals surface area contributed by atoms with E-state index in [9.17, 15) is 4.79 Å². The van der Waals surface area contributed by atoms with Crippen molar-refractivity contribution >= 4 is 11.7 Å². The highest BCUT2D eigenvalue weighted by molar-refractivity contribution is 5.92. The molecule has 0 aliphatic heterocycles. The lowest BCUT2D eigenvalue weighted by Gasteiger charge is -2.16. The molecule has 0 bridgehead atoms. The van der Waals surface area contributed by atoms with Gasteiger partial charge >= 0.3 is 0 Å². The van der Waals surface area contributed by atoms with Gasteiger partial charge in [0.25, 0.3) is 5.91 Å². The van der Waals surface area contributed by atoms with Gasteiger partial charge in [-0.25, -0.2) is 4.98 Å². The van der Waals surface area contributed by atoms with Crippen molar-refractivity contribution in [3.05, 3.63) is 18.1 Å². The summed E-state index contributed by atoms with van der Waals surface area (Å²) in [5, 5.41) is 11.8. The second-order valence-corrected chi connectivity index (χ2v) is 4.73. The van der Waals surface area contributed by atoms with Crippen LogP contribution in [0.5, 0.6) is 0 Å². The number of hydrogen-bond donors (Lipinski definition) is 2. The van der Waals surface area contributed by atoms with E-state index < -0.39 is 0 Å². The molecule has 0 saturated carbocycles. The number of rotatable bonds is 9. The lowest BCUT2D eigenvalue weighted by Crippen LogP contribution is -2.28. The number of aliphatic hydroxyl groups is 1. The van der Waals surface area contributed by atoms with Crippen molar-refractivity contribution < 1.29 is 9.90 Å². The van der Waals surface area contributed by atoms with Crippen molar-refractivity contribution in [2.45, 2.75) is 32.6 Å². The Kier molecular flexibility index (Phi) is 7.57. The molecule has 2 N–H and O–H groups in total. The Labute approximate surface area is 120 Å². The first kappa shape index (κ1) is 16.4. The molecule has 6 nitrogen and oxygen atoms in total. The Bertz CT molecular complexity index is 412. The molecule has 0 spiro atoms. The maximum absolute atomic E-state index is 12.2. The monoisotopic (exact) mass is 280 g/mol. The highest BCUT2D eigenvalue weighted by atomic mass is 16.2. The van der Waals surface area contributed by atoms with Crippen molar-refractivity contribution in [3.8, 4) is 0 Å². The second-order valence-electron chi connectivity index (χ2n) is 4.73. The molecule has 6 heteroatoms. The van der Waals surface area contributed by atoms with E-state index in [0.717, 1.165) is 32.2 Å². The number of carbonyl (C=O) groups excluding carboxylic acids is 1. The molecule has 20 heavy (non-hydrogen) atoms. The first-order valence-corrected chi connectivity index (χ1v) is 7.11. The third-order valence-electron chi connectivity index (χ3n) is 2.91. The molecule has 0 aliphatic carbocycles. The number of nitrogens with one attached hydrogen (secondary N) is 1.